The van der Waals surface area contributed by atoms with E-state index in [9.17, 15) is 23.5 Å². The van der Waals surface area contributed by atoms with Gasteiger partial charge in [-0.1, -0.05) is 18.2 Å². The van der Waals surface area contributed by atoms with Gasteiger partial charge in [-0.3, -0.25) is 18.8 Å². The molecule has 3 aromatic rings. The highest BCUT2D eigenvalue weighted by molar-refractivity contribution is 7.76. The number of nitrogens with two attached hydrogens (primary N) is 1. The molecule has 4 rings (SSSR count). The standard InChI is InChI=1S/C25H27N7O5S/c26-13-16-3-1-4-17(11-16)14-32(38(36)37)22(25(34)35)12-21-20(23(27)33)15-31(30-21)10-8-19-7-6-18-5-2-9-28-24(18)29-19/h1,3-4,6-7,11,15,22H,2,5,8-10,12,14H2,(H2,27,33)(H,28,29)(H,34,35)(H,36,37)/t22-/m0/s1. The van der Waals surface area contributed by atoms with Gasteiger partial charge in [0.1, 0.15) is 11.9 Å². The predicted molar refractivity (Wildman–Crippen MR) is 138 cm³/mol. The molecular weight excluding hydrogens is 510 g/mol. The normalized spacial score (nSPS) is 14.2. The van der Waals surface area contributed by atoms with E-state index in [0.717, 1.165) is 35.2 Å². The second kappa shape index (κ2) is 12.0. The Bertz CT molecular complexity index is 1420. The van der Waals surface area contributed by atoms with Crippen molar-refractivity contribution in [2.75, 3.05) is 11.9 Å². The number of amides is 1. The smallest absolute Gasteiger partial charge is 0.322 e. The number of aliphatic carboxylic acids is 1. The summed E-state index contributed by atoms with van der Waals surface area (Å²) in [6.07, 6.45) is 3.66. The number of hydrogen-bond donors (Lipinski definition) is 4. The van der Waals surface area contributed by atoms with Crippen LogP contribution in [0, 0.1) is 11.3 Å². The number of aryl methyl sites for hydroxylation is 3. The lowest BCUT2D eigenvalue weighted by molar-refractivity contribution is -0.141. The van der Waals surface area contributed by atoms with Crippen LogP contribution in [-0.2, 0) is 48.4 Å². The molecule has 2 aromatic heterocycles. The molecule has 12 nitrogen and oxygen atoms in total. The molecule has 3 heterocycles. The van der Waals surface area contributed by atoms with Crippen molar-refractivity contribution in [3.63, 3.8) is 0 Å². The zero-order valence-electron chi connectivity index (χ0n) is 20.4. The number of hydrogen-bond acceptors (Lipinski definition) is 7. The Kier molecular flexibility index (Phi) is 8.47. The Morgan fingerprint density at radius 3 is 2.84 bits per heavy atom. The van der Waals surface area contributed by atoms with Crippen LogP contribution in [0.5, 0.6) is 0 Å². The van der Waals surface area contributed by atoms with Gasteiger partial charge < -0.3 is 16.2 Å². The van der Waals surface area contributed by atoms with Crippen molar-refractivity contribution in [2.45, 2.75) is 44.8 Å². The lowest BCUT2D eigenvalue weighted by Gasteiger charge is -2.24. The summed E-state index contributed by atoms with van der Waals surface area (Å²) in [5.74, 6) is -1.29. The maximum absolute atomic E-state index is 12.2. The van der Waals surface area contributed by atoms with Crippen molar-refractivity contribution in [1.29, 1.82) is 5.26 Å². The van der Waals surface area contributed by atoms with E-state index in [1.807, 2.05) is 18.2 Å². The number of carboxylic acid groups (broad SMARTS) is 1. The Balaban J connectivity index is 1.54. The van der Waals surface area contributed by atoms with Crippen LogP contribution >= 0.6 is 0 Å². The molecule has 198 valence electrons. The fourth-order valence-electron chi connectivity index (χ4n) is 4.36. The molecule has 38 heavy (non-hydrogen) atoms. The lowest BCUT2D eigenvalue weighted by Crippen LogP contribution is -2.43. The van der Waals surface area contributed by atoms with E-state index >= 15 is 0 Å². The van der Waals surface area contributed by atoms with E-state index in [0.29, 0.717) is 24.1 Å². The summed E-state index contributed by atoms with van der Waals surface area (Å²) in [6.45, 7) is 1.01. The molecule has 1 unspecified atom stereocenters. The summed E-state index contributed by atoms with van der Waals surface area (Å²) < 4.78 is 24.4. The van der Waals surface area contributed by atoms with E-state index in [-0.39, 0.29) is 24.2 Å². The highest BCUT2D eigenvalue weighted by Crippen LogP contribution is 2.21. The van der Waals surface area contributed by atoms with Gasteiger partial charge in [0, 0.05) is 44.4 Å². The second-order valence-corrected chi connectivity index (χ2v) is 9.81. The third kappa shape index (κ3) is 6.41. The van der Waals surface area contributed by atoms with Crippen LogP contribution < -0.4 is 11.1 Å². The number of nitrogens with one attached hydrogen (secondary N) is 1. The van der Waals surface area contributed by atoms with Crippen LogP contribution in [0.3, 0.4) is 0 Å². The topological polar surface area (TPSA) is 187 Å². The average Bonchev–Trinajstić information content (AvgIpc) is 3.32. The largest absolute Gasteiger partial charge is 0.480 e. The highest BCUT2D eigenvalue weighted by atomic mass is 32.2. The van der Waals surface area contributed by atoms with Gasteiger partial charge in [-0.05, 0) is 42.2 Å². The van der Waals surface area contributed by atoms with Crippen molar-refractivity contribution in [3.8, 4) is 6.07 Å². The average molecular weight is 538 g/mol. The van der Waals surface area contributed by atoms with Crippen LogP contribution in [0.15, 0.2) is 42.6 Å². The van der Waals surface area contributed by atoms with E-state index in [1.54, 1.807) is 18.2 Å². The van der Waals surface area contributed by atoms with Gasteiger partial charge in [0.05, 0.1) is 22.9 Å². The molecule has 0 bridgehead atoms. The number of nitrogens with zero attached hydrogens (tertiary/aromatic N) is 5. The van der Waals surface area contributed by atoms with Crippen LogP contribution in [0.2, 0.25) is 0 Å². The van der Waals surface area contributed by atoms with Gasteiger partial charge in [-0.15, -0.1) is 0 Å². The molecule has 1 aliphatic heterocycles. The molecular formula is C25H27N7O5S. The summed E-state index contributed by atoms with van der Waals surface area (Å²) in [4.78, 5) is 29.0. The number of anilines is 1. The molecule has 0 aliphatic carbocycles. The van der Waals surface area contributed by atoms with Gasteiger partial charge in [-0.2, -0.15) is 14.7 Å². The van der Waals surface area contributed by atoms with E-state index in [4.69, 9.17) is 11.0 Å². The summed E-state index contributed by atoms with van der Waals surface area (Å²) in [7, 11) is 0. The molecule has 0 spiro atoms. The number of nitriles is 1. The van der Waals surface area contributed by atoms with Crippen LogP contribution in [0.1, 0.15) is 44.9 Å². The monoisotopic (exact) mass is 537 g/mol. The minimum Gasteiger partial charge on any atom is -0.480 e. The van der Waals surface area contributed by atoms with Gasteiger partial charge in [-0.25, -0.2) is 9.19 Å². The molecule has 2 atom stereocenters. The summed E-state index contributed by atoms with van der Waals surface area (Å²) in [5, 5.41) is 26.7. The van der Waals surface area contributed by atoms with Crippen LogP contribution in [0.25, 0.3) is 0 Å². The number of pyridine rings is 1. The number of benzene rings is 1. The molecule has 13 heteroatoms. The van der Waals surface area contributed by atoms with Crippen LogP contribution in [0.4, 0.5) is 5.82 Å². The molecule has 0 fully saturated rings. The highest BCUT2D eigenvalue weighted by Gasteiger charge is 2.32. The number of carboxylic acids is 1. The first-order valence-electron chi connectivity index (χ1n) is 11.9. The van der Waals surface area contributed by atoms with Gasteiger partial charge in [0.2, 0.25) is 11.3 Å². The fourth-order valence-corrected chi connectivity index (χ4v) is 5.00. The first-order chi connectivity index (χ1) is 18.2. The van der Waals surface area contributed by atoms with Crippen molar-refractivity contribution in [1.82, 2.24) is 19.1 Å². The Morgan fingerprint density at radius 2 is 2.13 bits per heavy atom. The number of carbonyl (C=O) groups excluding carboxylic acids is 1. The molecule has 0 radical (unpaired) electrons. The van der Waals surface area contributed by atoms with Crippen molar-refractivity contribution < 1.29 is 23.5 Å². The third-order valence-corrected chi connectivity index (χ3v) is 7.05. The van der Waals surface area contributed by atoms with Gasteiger partial charge in [0.15, 0.2) is 0 Å². The molecule has 0 saturated heterocycles. The maximum atomic E-state index is 12.2. The molecule has 1 amide bonds. The van der Waals surface area contributed by atoms with Gasteiger partial charge >= 0.3 is 5.97 Å². The quantitative estimate of drug-likeness (QED) is 0.263. The van der Waals surface area contributed by atoms with E-state index < -0.39 is 29.2 Å². The zero-order chi connectivity index (χ0) is 27.2. The third-order valence-electron chi connectivity index (χ3n) is 6.27. The van der Waals surface area contributed by atoms with E-state index in [2.05, 4.69) is 15.4 Å². The first-order valence-corrected chi connectivity index (χ1v) is 13.0. The Labute approximate surface area is 221 Å². The summed E-state index contributed by atoms with van der Waals surface area (Å²) in [5.41, 5.74) is 8.49. The summed E-state index contributed by atoms with van der Waals surface area (Å²) in [6, 6.07) is 10.8. The Morgan fingerprint density at radius 1 is 1.32 bits per heavy atom. The van der Waals surface area contributed by atoms with E-state index in [1.165, 1.54) is 22.5 Å². The SMILES string of the molecule is N#Cc1cccc(CN([C@@H](Cc2nn(CCc3ccc4c(n3)NCCC4)cc2C(N)=O)C(=O)O)S(=O)O)c1. The minimum atomic E-state index is -2.67. The van der Waals surface area contributed by atoms with Gasteiger partial charge in [0.25, 0.3) is 5.91 Å². The number of rotatable bonds is 11. The second-order valence-electron chi connectivity index (χ2n) is 8.88. The molecule has 1 aliphatic rings. The zero-order valence-corrected chi connectivity index (χ0v) is 21.2. The van der Waals surface area contributed by atoms with Crippen LogP contribution in [-0.4, -0.2) is 57.4 Å². The number of primary amides is 1. The van der Waals surface area contributed by atoms with Crippen molar-refractivity contribution >= 4 is 29.0 Å². The fraction of sp³-hybridized carbons (Fsp3) is 0.320. The first kappa shape index (κ1) is 26.9. The number of carbonyl (C=O) groups is 2. The number of fused-ring (bicyclic) bond motifs is 1. The minimum absolute atomic E-state index is 0.0338. The van der Waals surface area contributed by atoms with Crippen molar-refractivity contribution in [3.05, 3.63) is 76.2 Å². The lowest BCUT2D eigenvalue weighted by atomic mass is 10.1. The predicted octanol–water partition coefficient (Wildman–Crippen LogP) is 1.48. The molecule has 5 N–H and O–H groups in total. The summed E-state index contributed by atoms with van der Waals surface area (Å²) >= 11 is -2.67. The Hall–Kier alpha value is -4.12. The number of aromatic nitrogens is 3. The van der Waals surface area contributed by atoms with Crippen molar-refractivity contribution in [2.24, 2.45) is 5.73 Å². The molecule has 0 saturated carbocycles. The maximum Gasteiger partial charge on any atom is 0.322 e. The molecule has 1 aromatic carbocycles.